The third-order valence-corrected chi connectivity index (χ3v) is 3.52. The lowest BCUT2D eigenvalue weighted by Gasteiger charge is -2.52. The number of piperidine rings is 1. The molecule has 3 rings (SSSR count). The molecule has 2 aliphatic heterocycles. The second-order valence-corrected chi connectivity index (χ2v) is 4.40. The Kier molecular flexibility index (Phi) is 1.97. The van der Waals surface area contributed by atoms with Gasteiger partial charge in [0.25, 0.3) is 5.91 Å². The fourth-order valence-electron chi connectivity index (χ4n) is 2.76. The second kappa shape index (κ2) is 3.33. The van der Waals surface area contributed by atoms with Crippen LogP contribution in [0.5, 0.6) is 0 Å². The van der Waals surface area contributed by atoms with Gasteiger partial charge in [0.1, 0.15) is 5.69 Å². The van der Waals surface area contributed by atoms with Crippen LogP contribution >= 0.6 is 0 Å². The summed E-state index contributed by atoms with van der Waals surface area (Å²) in [6.07, 6.45) is 6.52. The van der Waals surface area contributed by atoms with Gasteiger partial charge in [-0.2, -0.15) is 0 Å². The molecule has 1 amide bonds. The van der Waals surface area contributed by atoms with Crippen molar-refractivity contribution in [3.63, 3.8) is 0 Å². The van der Waals surface area contributed by atoms with Crippen molar-refractivity contribution in [3.05, 3.63) is 30.1 Å². The number of fused-ring (bicyclic) bond motifs is 2. The molecule has 2 fully saturated rings. The molecule has 15 heavy (non-hydrogen) atoms. The summed E-state index contributed by atoms with van der Waals surface area (Å²) in [5.74, 6) is 0.122. The van der Waals surface area contributed by atoms with Crippen LogP contribution in [-0.2, 0) is 0 Å². The lowest BCUT2D eigenvalue weighted by molar-refractivity contribution is -0.0121. The van der Waals surface area contributed by atoms with E-state index in [2.05, 4.69) is 4.98 Å². The number of pyridine rings is 1. The van der Waals surface area contributed by atoms with Crippen LogP contribution in [0.25, 0.3) is 0 Å². The Morgan fingerprint density at radius 2 is 2.13 bits per heavy atom. The minimum absolute atomic E-state index is 0.122. The maximum atomic E-state index is 12.1. The van der Waals surface area contributed by atoms with E-state index in [9.17, 15) is 4.79 Å². The Morgan fingerprint density at radius 3 is 2.73 bits per heavy atom. The van der Waals surface area contributed by atoms with Crippen LogP contribution in [0.2, 0.25) is 0 Å². The van der Waals surface area contributed by atoms with Crippen LogP contribution in [-0.4, -0.2) is 27.9 Å². The molecule has 0 N–H and O–H groups in total. The lowest BCUT2D eigenvalue weighted by atomic mass is 9.79. The zero-order valence-corrected chi connectivity index (χ0v) is 8.60. The molecule has 1 aromatic rings. The van der Waals surface area contributed by atoms with Gasteiger partial charge >= 0.3 is 0 Å². The highest BCUT2D eigenvalue weighted by molar-refractivity contribution is 5.93. The van der Waals surface area contributed by atoms with Gasteiger partial charge in [-0.25, -0.2) is 0 Å². The van der Waals surface area contributed by atoms with Crippen molar-refractivity contribution in [2.24, 2.45) is 0 Å². The van der Waals surface area contributed by atoms with Crippen molar-refractivity contribution in [3.8, 4) is 0 Å². The van der Waals surface area contributed by atoms with Crippen molar-refractivity contribution in [1.29, 1.82) is 0 Å². The van der Waals surface area contributed by atoms with Crippen molar-refractivity contribution >= 4 is 5.91 Å². The Balaban J connectivity index is 1.81. The number of hydrogen-bond acceptors (Lipinski definition) is 2. The van der Waals surface area contributed by atoms with Gasteiger partial charge in [-0.1, -0.05) is 6.07 Å². The van der Waals surface area contributed by atoms with Crippen LogP contribution in [0.1, 0.15) is 36.2 Å². The molecule has 0 spiro atoms. The van der Waals surface area contributed by atoms with Gasteiger partial charge in [0, 0.05) is 18.3 Å². The highest BCUT2D eigenvalue weighted by Gasteiger charge is 2.44. The van der Waals surface area contributed by atoms with Crippen LogP contribution in [0.3, 0.4) is 0 Å². The smallest absolute Gasteiger partial charge is 0.272 e. The first-order valence-corrected chi connectivity index (χ1v) is 5.60. The van der Waals surface area contributed by atoms with E-state index in [1.807, 2.05) is 17.0 Å². The summed E-state index contributed by atoms with van der Waals surface area (Å²) in [4.78, 5) is 18.3. The Morgan fingerprint density at radius 1 is 1.33 bits per heavy atom. The Bertz CT molecular complexity index is 362. The van der Waals surface area contributed by atoms with Gasteiger partial charge in [-0.15, -0.1) is 0 Å². The molecule has 0 saturated carbocycles. The van der Waals surface area contributed by atoms with E-state index in [4.69, 9.17) is 0 Å². The normalized spacial score (nSPS) is 28.4. The summed E-state index contributed by atoms with van der Waals surface area (Å²) in [6.45, 7) is 0. The minimum atomic E-state index is 0.122. The zero-order valence-electron chi connectivity index (χ0n) is 8.60. The maximum absolute atomic E-state index is 12.1. The van der Waals surface area contributed by atoms with Crippen LogP contribution in [0.4, 0.5) is 0 Å². The van der Waals surface area contributed by atoms with E-state index in [-0.39, 0.29) is 5.91 Å². The number of amides is 1. The van der Waals surface area contributed by atoms with Crippen molar-refractivity contribution in [2.45, 2.75) is 37.8 Å². The summed E-state index contributed by atoms with van der Waals surface area (Å²) in [5.41, 5.74) is 0.592. The maximum Gasteiger partial charge on any atom is 0.272 e. The zero-order chi connectivity index (χ0) is 10.3. The summed E-state index contributed by atoms with van der Waals surface area (Å²) >= 11 is 0. The molecule has 2 atom stereocenters. The third-order valence-electron chi connectivity index (χ3n) is 3.52. The summed E-state index contributed by atoms with van der Waals surface area (Å²) in [5, 5.41) is 0. The van der Waals surface area contributed by atoms with Gasteiger partial charge in [-0.05, 0) is 37.8 Å². The van der Waals surface area contributed by atoms with Crippen molar-refractivity contribution in [2.75, 3.05) is 0 Å². The molecule has 0 aliphatic carbocycles. The molecule has 1 aromatic heterocycles. The van der Waals surface area contributed by atoms with E-state index in [1.165, 1.54) is 25.7 Å². The second-order valence-electron chi connectivity index (χ2n) is 4.40. The number of rotatable bonds is 1. The molecule has 3 heterocycles. The SMILES string of the molecule is O=C(c1ccccn1)N1C2CCCC1C2. The molecule has 2 saturated heterocycles. The van der Waals surface area contributed by atoms with Gasteiger partial charge < -0.3 is 4.90 Å². The number of hydrogen-bond donors (Lipinski definition) is 0. The molecule has 0 aromatic carbocycles. The van der Waals surface area contributed by atoms with Gasteiger partial charge in [0.15, 0.2) is 0 Å². The van der Waals surface area contributed by atoms with Crippen LogP contribution < -0.4 is 0 Å². The Hall–Kier alpha value is -1.38. The quantitative estimate of drug-likeness (QED) is 0.696. The Labute approximate surface area is 89.1 Å². The molecule has 0 radical (unpaired) electrons. The van der Waals surface area contributed by atoms with Gasteiger partial charge in [0.05, 0.1) is 0 Å². The predicted molar refractivity (Wildman–Crippen MR) is 56.5 cm³/mol. The minimum Gasteiger partial charge on any atom is -0.331 e. The van der Waals surface area contributed by atoms with E-state index >= 15 is 0 Å². The number of aromatic nitrogens is 1. The largest absolute Gasteiger partial charge is 0.331 e. The third kappa shape index (κ3) is 1.34. The molecule has 2 aliphatic rings. The van der Waals surface area contributed by atoms with Crippen LogP contribution in [0, 0.1) is 0 Å². The highest BCUT2D eigenvalue weighted by Crippen LogP contribution is 2.38. The van der Waals surface area contributed by atoms with Crippen LogP contribution in [0.15, 0.2) is 24.4 Å². The first-order valence-electron chi connectivity index (χ1n) is 5.60. The van der Waals surface area contributed by atoms with E-state index < -0.39 is 0 Å². The molecular formula is C12H14N2O. The van der Waals surface area contributed by atoms with Gasteiger partial charge in [-0.3, -0.25) is 9.78 Å². The van der Waals surface area contributed by atoms with Gasteiger partial charge in [0.2, 0.25) is 0 Å². The molecule has 3 nitrogen and oxygen atoms in total. The summed E-state index contributed by atoms with van der Waals surface area (Å²) in [7, 11) is 0. The van der Waals surface area contributed by atoms with E-state index in [0.717, 1.165) is 0 Å². The van der Waals surface area contributed by atoms with Crippen molar-refractivity contribution < 1.29 is 4.79 Å². The average molecular weight is 202 g/mol. The highest BCUT2D eigenvalue weighted by atomic mass is 16.2. The molecular weight excluding hydrogens is 188 g/mol. The first kappa shape index (κ1) is 8.89. The predicted octanol–water partition coefficient (Wildman–Crippen LogP) is 1.85. The standard InChI is InChI=1S/C12H14N2O/c15-12(11-6-1-2-7-13-11)14-9-4-3-5-10(14)8-9/h1-2,6-7,9-10H,3-5,8H2. The fourth-order valence-corrected chi connectivity index (χ4v) is 2.76. The van der Waals surface area contributed by atoms with E-state index in [1.54, 1.807) is 12.3 Å². The fraction of sp³-hybridized carbons (Fsp3) is 0.500. The molecule has 2 bridgehead atoms. The number of carbonyl (C=O) groups is 1. The molecule has 2 unspecified atom stereocenters. The summed E-state index contributed by atoms with van der Waals surface area (Å²) in [6, 6.07) is 6.51. The average Bonchev–Trinajstić information content (AvgIpc) is 2.31. The topological polar surface area (TPSA) is 33.2 Å². The lowest BCUT2D eigenvalue weighted by Crippen LogP contribution is -2.61. The first-order chi connectivity index (χ1) is 7.36. The molecule has 78 valence electrons. The molecule has 3 heteroatoms. The monoisotopic (exact) mass is 202 g/mol. The van der Waals surface area contributed by atoms with E-state index in [0.29, 0.717) is 17.8 Å². The number of nitrogens with zero attached hydrogens (tertiary/aromatic N) is 2. The van der Waals surface area contributed by atoms with Crippen molar-refractivity contribution in [1.82, 2.24) is 9.88 Å². The number of carbonyl (C=O) groups excluding carboxylic acids is 1. The summed E-state index contributed by atoms with van der Waals surface area (Å²) < 4.78 is 0.